The van der Waals surface area contributed by atoms with Gasteiger partial charge in [0.25, 0.3) is 0 Å². The van der Waals surface area contributed by atoms with E-state index in [4.69, 9.17) is 0 Å². The summed E-state index contributed by atoms with van der Waals surface area (Å²) in [5.74, 6) is -10.0. The first kappa shape index (κ1) is 16.1. The lowest BCUT2D eigenvalue weighted by molar-refractivity contribution is 0.124. The first-order valence-corrected chi connectivity index (χ1v) is 5.76. The number of allylic oxidation sites excluding steroid dienone is 2. The fourth-order valence-corrected chi connectivity index (χ4v) is 1.32. The van der Waals surface area contributed by atoms with Gasteiger partial charge in [0.15, 0.2) is 23.3 Å². The highest BCUT2D eigenvalue weighted by Gasteiger charge is 2.25. The van der Waals surface area contributed by atoms with Crippen molar-refractivity contribution in [3.63, 3.8) is 0 Å². The first-order chi connectivity index (χ1) is 9.50. The minimum absolute atomic E-state index is 0.529. The molecule has 0 saturated carbocycles. The Morgan fingerprint density at radius 3 is 2.00 bits per heavy atom. The number of nitrogens with zero attached hydrogens (tertiary/aromatic N) is 1. The van der Waals surface area contributed by atoms with Crippen LogP contribution in [-0.4, -0.2) is 6.21 Å². The average molecular weight is 293 g/mol. The molecule has 1 rings (SSSR count). The molecule has 1 aromatic rings. The van der Waals surface area contributed by atoms with Crippen LogP contribution in [0.4, 0.5) is 22.0 Å². The number of hydrogen-bond acceptors (Lipinski definition) is 2. The molecule has 0 aliphatic heterocycles. The van der Waals surface area contributed by atoms with E-state index in [1.165, 1.54) is 6.21 Å². The Labute approximate surface area is 112 Å². The van der Waals surface area contributed by atoms with E-state index in [9.17, 15) is 22.0 Å². The Balaban J connectivity index is 2.69. The molecular weight excluding hydrogens is 281 g/mol. The molecule has 0 unspecified atom stereocenters. The van der Waals surface area contributed by atoms with Gasteiger partial charge >= 0.3 is 0 Å². The van der Waals surface area contributed by atoms with Crippen LogP contribution < -0.4 is 0 Å². The molecule has 0 atom stereocenters. The van der Waals surface area contributed by atoms with Crippen LogP contribution in [0.3, 0.4) is 0 Å². The van der Waals surface area contributed by atoms with Crippen molar-refractivity contribution in [1.29, 1.82) is 0 Å². The van der Waals surface area contributed by atoms with Gasteiger partial charge in [-0.3, -0.25) is 0 Å². The molecule has 1 aromatic carbocycles. The number of oxime groups is 1. The molecule has 0 fully saturated rings. The van der Waals surface area contributed by atoms with Gasteiger partial charge in [0.2, 0.25) is 5.82 Å². The third kappa shape index (κ3) is 3.79. The molecule has 0 bridgehead atoms. The van der Waals surface area contributed by atoms with E-state index in [-0.39, 0.29) is 0 Å². The van der Waals surface area contributed by atoms with Crippen LogP contribution in [0.5, 0.6) is 0 Å². The second kappa shape index (κ2) is 7.62. The summed E-state index contributed by atoms with van der Waals surface area (Å²) in [4.78, 5) is 4.52. The summed E-state index contributed by atoms with van der Waals surface area (Å²) in [5, 5.41) is 3.37. The molecule has 0 spiro atoms. The van der Waals surface area contributed by atoms with Crippen LogP contribution in [0.15, 0.2) is 17.3 Å². The standard InChI is InChI=1S/C13H12F5NO/c1-2-3-4-5-6-19-20-7-8-9(14)11(16)13(18)12(17)10(8)15/h2-3,6H,4-5,7H2,1H3/b3-2+,19-6+. The van der Waals surface area contributed by atoms with Gasteiger partial charge in [0.1, 0.15) is 6.61 Å². The van der Waals surface area contributed by atoms with E-state index in [0.29, 0.717) is 12.8 Å². The minimum Gasteiger partial charge on any atom is -0.391 e. The van der Waals surface area contributed by atoms with Crippen molar-refractivity contribution in [3.8, 4) is 0 Å². The second-order valence-corrected chi connectivity index (χ2v) is 3.76. The number of hydrogen-bond donors (Lipinski definition) is 0. The lowest BCUT2D eigenvalue weighted by atomic mass is 10.2. The van der Waals surface area contributed by atoms with Crippen molar-refractivity contribution in [2.75, 3.05) is 0 Å². The van der Waals surface area contributed by atoms with Gasteiger partial charge in [-0.05, 0) is 19.8 Å². The molecule has 0 heterocycles. The highest BCUT2D eigenvalue weighted by atomic mass is 19.2. The Hall–Kier alpha value is -1.92. The van der Waals surface area contributed by atoms with E-state index >= 15 is 0 Å². The third-order valence-corrected chi connectivity index (χ3v) is 2.36. The molecule has 2 nitrogen and oxygen atoms in total. The van der Waals surface area contributed by atoms with Gasteiger partial charge in [0.05, 0.1) is 5.56 Å². The van der Waals surface area contributed by atoms with Crippen LogP contribution in [0.1, 0.15) is 25.3 Å². The minimum atomic E-state index is -2.20. The molecule has 0 aromatic heterocycles. The third-order valence-electron chi connectivity index (χ3n) is 2.36. The zero-order valence-electron chi connectivity index (χ0n) is 10.6. The smallest absolute Gasteiger partial charge is 0.200 e. The van der Waals surface area contributed by atoms with E-state index in [1.807, 2.05) is 19.1 Å². The number of unbranched alkanes of at least 4 members (excludes halogenated alkanes) is 1. The molecule has 0 aliphatic carbocycles. The van der Waals surface area contributed by atoms with Crippen molar-refractivity contribution in [2.45, 2.75) is 26.4 Å². The normalized spacial score (nSPS) is 11.7. The largest absolute Gasteiger partial charge is 0.391 e. The summed E-state index contributed by atoms with van der Waals surface area (Å²) in [5.41, 5.74) is -1.05. The maximum atomic E-state index is 13.2. The molecular formula is C13H12F5NO. The van der Waals surface area contributed by atoms with Gasteiger partial charge in [-0.25, -0.2) is 22.0 Å². The molecule has 0 saturated heterocycles. The van der Waals surface area contributed by atoms with Gasteiger partial charge in [-0.2, -0.15) is 0 Å². The van der Waals surface area contributed by atoms with Crippen LogP contribution in [0.25, 0.3) is 0 Å². The lowest BCUT2D eigenvalue weighted by Gasteiger charge is -2.06. The Morgan fingerprint density at radius 1 is 0.900 bits per heavy atom. The number of halogens is 5. The van der Waals surface area contributed by atoms with Gasteiger partial charge in [0, 0.05) is 6.21 Å². The lowest BCUT2D eigenvalue weighted by Crippen LogP contribution is -2.07. The van der Waals surface area contributed by atoms with Crippen LogP contribution in [0.2, 0.25) is 0 Å². The van der Waals surface area contributed by atoms with E-state index < -0.39 is 41.3 Å². The monoisotopic (exact) mass is 293 g/mol. The van der Waals surface area contributed by atoms with Gasteiger partial charge in [-0.1, -0.05) is 17.3 Å². The molecule has 0 N–H and O–H groups in total. The highest BCUT2D eigenvalue weighted by Crippen LogP contribution is 2.23. The van der Waals surface area contributed by atoms with E-state index in [2.05, 4.69) is 9.99 Å². The second-order valence-electron chi connectivity index (χ2n) is 3.76. The predicted octanol–water partition coefficient (Wildman–Crippen LogP) is 4.24. The molecule has 7 heteroatoms. The summed E-state index contributed by atoms with van der Waals surface area (Å²) >= 11 is 0. The van der Waals surface area contributed by atoms with Crippen molar-refractivity contribution in [1.82, 2.24) is 0 Å². The van der Waals surface area contributed by atoms with Crippen molar-refractivity contribution >= 4 is 6.21 Å². The summed E-state index contributed by atoms with van der Waals surface area (Å²) in [6.45, 7) is 1.00. The summed E-state index contributed by atoms with van der Waals surface area (Å²) in [7, 11) is 0. The molecule has 0 aliphatic rings. The maximum absolute atomic E-state index is 13.2. The number of rotatable bonds is 6. The Kier molecular flexibility index (Phi) is 6.14. The zero-order valence-corrected chi connectivity index (χ0v) is 10.6. The molecule has 20 heavy (non-hydrogen) atoms. The number of benzene rings is 1. The van der Waals surface area contributed by atoms with E-state index in [1.54, 1.807) is 0 Å². The molecule has 0 amide bonds. The molecule has 110 valence electrons. The highest BCUT2D eigenvalue weighted by molar-refractivity contribution is 5.56. The summed E-state index contributed by atoms with van der Waals surface area (Å²) in [6.07, 6.45) is 6.28. The van der Waals surface area contributed by atoms with Crippen LogP contribution >= 0.6 is 0 Å². The van der Waals surface area contributed by atoms with Crippen molar-refractivity contribution in [3.05, 3.63) is 46.8 Å². The Bertz CT molecular complexity index is 499. The summed E-state index contributed by atoms with van der Waals surface area (Å²) in [6, 6.07) is 0. The fraction of sp³-hybridized carbons (Fsp3) is 0.308. The van der Waals surface area contributed by atoms with Crippen molar-refractivity contribution in [2.24, 2.45) is 5.16 Å². The first-order valence-electron chi connectivity index (χ1n) is 5.76. The zero-order chi connectivity index (χ0) is 15.1. The van der Waals surface area contributed by atoms with Gasteiger partial charge < -0.3 is 4.84 Å². The van der Waals surface area contributed by atoms with Crippen LogP contribution in [0, 0.1) is 29.1 Å². The Morgan fingerprint density at radius 2 is 1.45 bits per heavy atom. The fourth-order valence-electron chi connectivity index (χ4n) is 1.32. The SMILES string of the molecule is C/C=C/CC/C=N/OCc1c(F)c(F)c(F)c(F)c1F. The van der Waals surface area contributed by atoms with Crippen LogP contribution in [-0.2, 0) is 11.4 Å². The molecule has 0 radical (unpaired) electrons. The van der Waals surface area contributed by atoms with Crippen molar-refractivity contribution < 1.29 is 26.8 Å². The predicted molar refractivity (Wildman–Crippen MR) is 63.6 cm³/mol. The maximum Gasteiger partial charge on any atom is 0.200 e. The summed E-state index contributed by atoms with van der Waals surface area (Å²) < 4.78 is 64.9. The van der Waals surface area contributed by atoms with E-state index in [0.717, 1.165) is 0 Å². The van der Waals surface area contributed by atoms with Gasteiger partial charge in [-0.15, -0.1) is 0 Å². The average Bonchev–Trinajstić information content (AvgIpc) is 2.45. The topological polar surface area (TPSA) is 21.6 Å². The quantitative estimate of drug-likeness (QED) is 0.146.